The number of phenols is 1. The fraction of sp³-hybridized carbons (Fsp3) is 0.700. The van der Waals surface area contributed by atoms with Gasteiger partial charge in [0.05, 0.1) is 0 Å². The first-order valence-electron chi connectivity index (χ1n) is 9.13. The molecule has 2 saturated carbocycles. The van der Waals surface area contributed by atoms with Crippen molar-refractivity contribution < 1.29 is 14.6 Å². The first-order valence-corrected chi connectivity index (χ1v) is 12.1. The zero-order valence-corrected chi connectivity index (χ0v) is 16.2. The number of hydrogen-bond donors (Lipinski definition) is 2. The van der Waals surface area contributed by atoms with Gasteiger partial charge >= 0.3 is 150 Å². The van der Waals surface area contributed by atoms with Gasteiger partial charge in [-0.15, -0.1) is 0 Å². The van der Waals surface area contributed by atoms with Gasteiger partial charge in [-0.3, -0.25) is 0 Å². The zero-order valence-electron chi connectivity index (χ0n) is 14.5. The van der Waals surface area contributed by atoms with Gasteiger partial charge in [-0.2, -0.15) is 0 Å². The number of phenolic OH excluding ortho intramolecular Hbond substituents is 1. The van der Waals surface area contributed by atoms with Crippen LogP contribution in [0.1, 0.15) is 56.1 Å². The number of rotatable bonds is 2. The molecule has 2 N–H and O–H groups in total. The van der Waals surface area contributed by atoms with Crippen molar-refractivity contribution in [3.05, 3.63) is 29.1 Å². The van der Waals surface area contributed by atoms with E-state index in [1.807, 2.05) is 6.07 Å². The number of halogens is 1. The summed E-state index contributed by atoms with van der Waals surface area (Å²) in [6.07, 6.45) is 5.83. The van der Waals surface area contributed by atoms with Gasteiger partial charge in [-0.05, 0) is 0 Å². The molecular weight excluding hydrogens is 370 g/mol. The van der Waals surface area contributed by atoms with Crippen molar-refractivity contribution >= 4 is 15.0 Å². The van der Waals surface area contributed by atoms with Crippen molar-refractivity contribution in [1.82, 2.24) is 0 Å². The van der Waals surface area contributed by atoms with Crippen LogP contribution in [0.5, 0.6) is 5.75 Å². The van der Waals surface area contributed by atoms with E-state index in [9.17, 15) is 14.6 Å². The topological polar surface area (TPSA) is 40.5 Å². The van der Waals surface area contributed by atoms with E-state index in [1.165, 1.54) is 6.07 Å². The Balaban J connectivity index is 1.69. The monoisotopic (exact) mass is 398 g/mol. The van der Waals surface area contributed by atoms with E-state index < -0.39 is 11.4 Å². The summed E-state index contributed by atoms with van der Waals surface area (Å²) in [5, 5.41) is 22.0. The summed E-state index contributed by atoms with van der Waals surface area (Å²) in [4.78, 5) is 0. The van der Waals surface area contributed by atoms with Crippen LogP contribution >= 0.6 is 0 Å². The summed E-state index contributed by atoms with van der Waals surface area (Å²) in [5.41, 5.74) is 1.40. The molecule has 0 radical (unpaired) electrons. The van der Waals surface area contributed by atoms with Crippen LogP contribution in [0, 0.1) is 23.1 Å². The molecule has 0 aliphatic heterocycles. The maximum absolute atomic E-state index is 14.3. The second-order valence-electron chi connectivity index (χ2n) is 8.34. The summed E-state index contributed by atoms with van der Waals surface area (Å²) >= 11 is 0.489. The van der Waals surface area contributed by atoms with Crippen molar-refractivity contribution in [2.45, 2.75) is 68.1 Å². The Morgan fingerprint density at radius 2 is 2.04 bits per heavy atom. The molecule has 4 heteroatoms. The SMILES string of the molecule is C[Se]C[C@]1(O)CC[C@H]2[C@@H]3CCc4c(ccc(O)c4F)[C@H]3CC[C@@]21C. The van der Waals surface area contributed by atoms with E-state index >= 15 is 0 Å². The van der Waals surface area contributed by atoms with Crippen molar-refractivity contribution in [3.8, 4) is 5.75 Å². The van der Waals surface area contributed by atoms with Gasteiger partial charge in [0.1, 0.15) is 0 Å². The summed E-state index contributed by atoms with van der Waals surface area (Å²) in [7, 11) is 0. The standard InChI is InChI=1S/C20H27FO2Se/c1-19-9-7-13-12-5-6-17(22)18(21)15(12)4-3-14(13)16(19)8-10-20(19,23)11-24-2/h5-6,13-14,16,22-23H,3-4,7-11H2,1-2H3/t13-,14-,16+,19+,20-/m1/s1. The quantitative estimate of drug-likeness (QED) is 0.731. The summed E-state index contributed by atoms with van der Waals surface area (Å²) in [6.45, 7) is 2.32. The first kappa shape index (κ1) is 16.9. The molecule has 0 saturated heterocycles. The van der Waals surface area contributed by atoms with Crippen molar-refractivity contribution in [2.75, 3.05) is 0 Å². The Morgan fingerprint density at radius 1 is 1.25 bits per heavy atom. The molecule has 0 aromatic heterocycles. The number of hydrogen-bond acceptors (Lipinski definition) is 2. The Bertz CT molecular complexity index is 663. The Labute approximate surface area is 150 Å². The van der Waals surface area contributed by atoms with E-state index in [0.717, 1.165) is 55.0 Å². The molecule has 3 aliphatic rings. The molecule has 132 valence electrons. The summed E-state index contributed by atoms with van der Waals surface area (Å²) in [6, 6.07) is 3.47. The third-order valence-electron chi connectivity index (χ3n) is 7.53. The molecule has 0 spiro atoms. The molecule has 1 aromatic carbocycles. The van der Waals surface area contributed by atoms with E-state index in [2.05, 4.69) is 12.7 Å². The number of benzene rings is 1. The van der Waals surface area contributed by atoms with Gasteiger partial charge in [0.15, 0.2) is 0 Å². The fourth-order valence-corrected chi connectivity index (χ4v) is 8.20. The Kier molecular flexibility index (Phi) is 4.02. The average Bonchev–Trinajstić information content (AvgIpc) is 2.82. The Hall–Kier alpha value is -0.571. The van der Waals surface area contributed by atoms with Crippen LogP contribution in [0.15, 0.2) is 12.1 Å². The number of aromatic hydroxyl groups is 1. The molecule has 0 heterocycles. The first-order chi connectivity index (χ1) is 11.4. The van der Waals surface area contributed by atoms with Gasteiger partial charge < -0.3 is 0 Å². The normalized spacial score (nSPS) is 40.8. The van der Waals surface area contributed by atoms with Crippen LogP contribution in [0.2, 0.25) is 11.1 Å². The second-order valence-corrected chi connectivity index (χ2v) is 10.2. The summed E-state index contributed by atoms with van der Waals surface area (Å²) in [5.74, 6) is 3.10. The van der Waals surface area contributed by atoms with Crippen LogP contribution in [0.3, 0.4) is 0 Å². The van der Waals surface area contributed by atoms with Crippen LogP contribution in [-0.2, 0) is 6.42 Å². The molecule has 1 aromatic rings. The van der Waals surface area contributed by atoms with Gasteiger partial charge in [-0.1, -0.05) is 0 Å². The molecule has 5 atom stereocenters. The minimum absolute atomic E-state index is 0.0267. The predicted molar refractivity (Wildman–Crippen MR) is 94.1 cm³/mol. The third kappa shape index (κ3) is 2.15. The predicted octanol–water partition coefficient (Wildman–Crippen LogP) is 4.29. The molecule has 2 nitrogen and oxygen atoms in total. The second kappa shape index (κ2) is 5.72. The van der Waals surface area contributed by atoms with E-state index in [0.29, 0.717) is 32.7 Å². The van der Waals surface area contributed by atoms with E-state index in [4.69, 9.17) is 0 Å². The number of aliphatic hydroxyl groups is 1. The molecule has 0 bridgehead atoms. The molecule has 0 unspecified atom stereocenters. The van der Waals surface area contributed by atoms with Crippen molar-refractivity contribution in [2.24, 2.45) is 17.3 Å². The minimum atomic E-state index is -0.488. The van der Waals surface area contributed by atoms with Crippen LogP contribution in [-0.4, -0.2) is 30.8 Å². The van der Waals surface area contributed by atoms with Gasteiger partial charge in [-0.25, -0.2) is 0 Å². The zero-order chi connectivity index (χ0) is 17.1. The van der Waals surface area contributed by atoms with Crippen LogP contribution < -0.4 is 0 Å². The van der Waals surface area contributed by atoms with Crippen LogP contribution in [0.25, 0.3) is 0 Å². The molecule has 4 rings (SSSR count). The van der Waals surface area contributed by atoms with Gasteiger partial charge in [0.25, 0.3) is 0 Å². The molecule has 3 aliphatic carbocycles. The average molecular weight is 397 g/mol. The fourth-order valence-electron chi connectivity index (χ4n) is 6.20. The Morgan fingerprint density at radius 3 is 2.79 bits per heavy atom. The maximum atomic E-state index is 14.3. The van der Waals surface area contributed by atoms with E-state index in [1.54, 1.807) is 0 Å². The van der Waals surface area contributed by atoms with Crippen LogP contribution in [0.4, 0.5) is 4.39 Å². The van der Waals surface area contributed by atoms with Gasteiger partial charge in [0.2, 0.25) is 0 Å². The molecular formula is C20H27FO2Se. The summed E-state index contributed by atoms with van der Waals surface area (Å²) < 4.78 is 14.3. The van der Waals surface area contributed by atoms with E-state index in [-0.39, 0.29) is 11.2 Å². The third-order valence-corrected chi connectivity index (χ3v) is 9.14. The molecule has 2 fully saturated rings. The molecule has 24 heavy (non-hydrogen) atoms. The van der Waals surface area contributed by atoms with Gasteiger partial charge in [0, 0.05) is 0 Å². The van der Waals surface area contributed by atoms with Crippen molar-refractivity contribution in [1.29, 1.82) is 0 Å². The van der Waals surface area contributed by atoms with Crippen molar-refractivity contribution in [3.63, 3.8) is 0 Å². The number of fused-ring (bicyclic) bond motifs is 5. The molecule has 0 amide bonds.